The van der Waals surface area contributed by atoms with Crippen molar-refractivity contribution in [2.75, 3.05) is 0 Å². The predicted octanol–water partition coefficient (Wildman–Crippen LogP) is 3.03. The maximum atomic E-state index is 13.9. The molecule has 0 radical (unpaired) electrons. The summed E-state index contributed by atoms with van der Waals surface area (Å²) < 4.78 is 13.9. The molecule has 0 bridgehead atoms. The van der Waals surface area contributed by atoms with Crippen molar-refractivity contribution in [3.8, 4) is 10.4 Å². The topological polar surface area (TPSA) is 62.2 Å². The molecule has 2 rings (SSSR count). The summed E-state index contributed by atoms with van der Waals surface area (Å²) in [6.07, 6.45) is -1.13. The lowest BCUT2D eigenvalue weighted by molar-refractivity contribution is 0.194. The van der Waals surface area contributed by atoms with Crippen LogP contribution in [0.4, 0.5) is 9.18 Å². The first-order chi connectivity index (χ1) is 8.58. The molecule has 0 aliphatic heterocycles. The maximum absolute atomic E-state index is 13.9. The Morgan fingerprint density at radius 1 is 1.56 bits per heavy atom. The number of benzene rings is 1. The van der Waals surface area contributed by atoms with Gasteiger partial charge < -0.3 is 10.4 Å². The van der Waals surface area contributed by atoms with E-state index in [9.17, 15) is 9.18 Å². The van der Waals surface area contributed by atoms with Crippen molar-refractivity contribution >= 4 is 17.4 Å². The van der Waals surface area contributed by atoms with E-state index in [0.717, 1.165) is 10.6 Å². The number of hydrogen-bond donors (Lipinski definition) is 2. The molecule has 0 unspecified atom stereocenters. The third-order valence-corrected chi connectivity index (χ3v) is 3.43. The van der Waals surface area contributed by atoms with Crippen LogP contribution in [-0.4, -0.2) is 16.2 Å². The highest BCUT2D eigenvalue weighted by Gasteiger charge is 2.11. The zero-order valence-electron chi connectivity index (χ0n) is 9.61. The van der Waals surface area contributed by atoms with E-state index in [4.69, 9.17) is 5.11 Å². The molecule has 0 aliphatic rings. The van der Waals surface area contributed by atoms with E-state index >= 15 is 0 Å². The van der Waals surface area contributed by atoms with Crippen molar-refractivity contribution in [1.29, 1.82) is 0 Å². The number of rotatable bonds is 3. The highest BCUT2D eigenvalue weighted by Crippen LogP contribution is 2.29. The number of amides is 1. The lowest BCUT2D eigenvalue weighted by atomic mass is 10.1. The van der Waals surface area contributed by atoms with Gasteiger partial charge >= 0.3 is 6.09 Å². The van der Waals surface area contributed by atoms with Crippen LogP contribution in [0.1, 0.15) is 11.3 Å². The minimum atomic E-state index is -1.13. The fourth-order valence-corrected chi connectivity index (χ4v) is 2.42. The third-order valence-electron chi connectivity index (χ3n) is 2.47. The molecule has 1 aromatic heterocycles. The largest absolute Gasteiger partial charge is 0.465 e. The Balaban J connectivity index is 2.26. The van der Waals surface area contributed by atoms with Gasteiger partial charge in [0.2, 0.25) is 0 Å². The van der Waals surface area contributed by atoms with E-state index < -0.39 is 6.09 Å². The van der Waals surface area contributed by atoms with Crippen LogP contribution in [0.15, 0.2) is 23.7 Å². The Morgan fingerprint density at radius 3 is 2.89 bits per heavy atom. The first-order valence-corrected chi connectivity index (χ1v) is 6.11. The zero-order valence-corrected chi connectivity index (χ0v) is 10.4. The zero-order chi connectivity index (χ0) is 13.1. The second-order valence-corrected chi connectivity index (χ2v) is 4.59. The number of halogens is 1. The number of nitrogens with one attached hydrogen (secondary N) is 1. The number of carboxylic acid groups (broad SMARTS) is 1. The quantitative estimate of drug-likeness (QED) is 0.897. The summed E-state index contributed by atoms with van der Waals surface area (Å²) in [6, 6.07) is 4.69. The second kappa shape index (κ2) is 5.14. The van der Waals surface area contributed by atoms with Gasteiger partial charge in [0.25, 0.3) is 0 Å². The average Bonchev–Trinajstić information content (AvgIpc) is 2.73. The minimum Gasteiger partial charge on any atom is -0.465 e. The van der Waals surface area contributed by atoms with E-state index in [2.05, 4.69) is 10.3 Å². The number of hydrogen-bond acceptors (Lipinski definition) is 3. The van der Waals surface area contributed by atoms with E-state index in [1.807, 2.05) is 6.92 Å². The van der Waals surface area contributed by atoms with Crippen molar-refractivity contribution in [3.63, 3.8) is 0 Å². The summed E-state index contributed by atoms with van der Waals surface area (Å²) in [5.41, 5.74) is 3.54. The third kappa shape index (κ3) is 2.65. The molecule has 94 valence electrons. The van der Waals surface area contributed by atoms with Crippen molar-refractivity contribution in [1.82, 2.24) is 10.3 Å². The Bertz CT molecular complexity index is 583. The fourth-order valence-electron chi connectivity index (χ4n) is 1.59. The lowest BCUT2D eigenvalue weighted by Crippen LogP contribution is -2.19. The molecule has 2 aromatic rings. The van der Waals surface area contributed by atoms with Crippen LogP contribution in [0.2, 0.25) is 0 Å². The van der Waals surface area contributed by atoms with Gasteiger partial charge in [0.05, 0.1) is 16.1 Å². The molecule has 0 atom stereocenters. The molecule has 4 nitrogen and oxygen atoms in total. The number of nitrogens with zero attached hydrogens (tertiary/aromatic N) is 1. The summed E-state index contributed by atoms with van der Waals surface area (Å²) in [5.74, 6) is -0.368. The van der Waals surface area contributed by atoms with Gasteiger partial charge in [-0.15, -0.1) is 11.3 Å². The van der Waals surface area contributed by atoms with Crippen molar-refractivity contribution in [3.05, 3.63) is 40.8 Å². The molecular weight excluding hydrogens is 255 g/mol. The highest BCUT2D eigenvalue weighted by molar-refractivity contribution is 7.13. The SMILES string of the molecule is Cc1ncsc1-c1ccc(CNC(=O)O)cc1F. The van der Waals surface area contributed by atoms with Crippen LogP contribution in [-0.2, 0) is 6.54 Å². The Kier molecular flexibility index (Phi) is 3.57. The number of aryl methyl sites for hydroxylation is 1. The standard InChI is InChI=1S/C12H11FN2O2S/c1-7-11(18-6-15-7)9-3-2-8(4-10(9)13)5-14-12(16)17/h2-4,6,14H,5H2,1H3,(H,16,17). The predicted molar refractivity (Wildman–Crippen MR) is 67.1 cm³/mol. The summed E-state index contributed by atoms with van der Waals surface area (Å²) in [7, 11) is 0. The van der Waals surface area contributed by atoms with Crippen LogP contribution in [0.25, 0.3) is 10.4 Å². The molecule has 6 heteroatoms. The van der Waals surface area contributed by atoms with Crippen LogP contribution in [0, 0.1) is 12.7 Å². The molecule has 18 heavy (non-hydrogen) atoms. The molecule has 2 N–H and O–H groups in total. The summed E-state index contributed by atoms with van der Waals surface area (Å²) in [6.45, 7) is 1.92. The first-order valence-electron chi connectivity index (χ1n) is 5.23. The molecule has 0 spiro atoms. The van der Waals surface area contributed by atoms with Crippen molar-refractivity contribution in [2.45, 2.75) is 13.5 Å². The monoisotopic (exact) mass is 266 g/mol. The average molecular weight is 266 g/mol. The fraction of sp³-hybridized carbons (Fsp3) is 0.167. The highest BCUT2D eigenvalue weighted by atomic mass is 32.1. The van der Waals surface area contributed by atoms with Crippen LogP contribution < -0.4 is 5.32 Å². The lowest BCUT2D eigenvalue weighted by Gasteiger charge is -2.05. The summed E-state index contributed by atoms with van der Waals surface area (Å²) >= 11 is 1.38. The van der Waals surface area contributed by atoms with Crippen LogP contribution in [0.3, 0.4) is 0 Å². The van der Waals surface area contributed by atoms with Gasteiger partial charge in [-0.25, -0.2) is 14.2 Å². The van der Waals surface area contributed by atoms with Gasteiger partial charge in [-0.1, -0.05) is 12.1 Å². The molecule has 1 amide bonds. The van der Waals surface area contributed by atoms with Gasteiger partial charge in [0, 0.05) is 12.1 Å². The Morgan fingerprint density at radius 2 is 2.33 bits per heavy atom. The molecule has 0 aliphatic carbocycles. The van der Waals surface area contributed by atoms with Gasteiger partial charge in [-0.2, -0.15) is 0 Å². The van der Waals surface area contributed by atoms with Gasteiger partial charge in [0.15, 0.2) is 0 Å². The van der Waals surface area contributed by atoms with Crippen LogP contribution in [0.5, 0.6) is 0 Å². The molecule has 0 saturated heterocycles. The number of carbonyl (C=O) groups is 1. The summed E-state index contributed by atoms with van der Waals surface area (Å²) in [5, 5.41) is 10.7. The first kappa shape index (κ1) is 12.5. The smallest absolute Gasteiger partial charge is 0.404 e. The molecule has 0 fully saturated rings. The van der Waals surface area contributed by atoms with Gasteiger partial charge in [-0.3, -0.25) is 0 Å². The number of thiazole rings is 1. The van der Waals surface area contributed by atoms with E-state index in [1.165, 1.54) is 17.4 Å². The number of aromatic nitrogens is 1. The Labute approximate surface area is 107 Å². The Hall–Kier alpha value is -1.95. The van der Waals surface area contributed by atoms with Gasteiger partial charge in [0.1, 0.15) is 5.82 Å². The molecular formula is C12H11FN2O2S. The van der Waals surface area contributed by atoms with Crippen molar-refractivity contribution in [2.24, 2.45) is 0 Å². The van der Waals surface area contributed by atoms with E-state index in [1.54, 1.807) is 17.6 Å². The van der Waals surface area contributed by atoms with Crippen LogP contribution >= 0.6 is 11.3 Å². The molecule has 1 heterocycles. The molecule has 0 saturated carbocycles. The maximum Gasteiger partial charge on any atom is 0.404 e. The molecule has 1 aromatic carbocycles. The minimum absolute atomic E-state index is 0.0915. The van der Waals surface area contributed by atoms with E-state index in [0.29, 0.717) is 11.1 Å². The van der Waals surface area contributed by atoms with Gasteiger partial charge in [-0.05, 0) is 18.6 Å². The second-order valence-electron chi connectivity index (χ2n) is 3.74. The van der Waals surface area contributed by atoms with Crippen molar-refractivity contribution < 1.29 is 14.3 Å². The van der Waals surface area contributed by atoms with E-state index in [-0.39, 0.29) is 12.4 Å². The normalized spacial score (nSPS) is 10.3. The summed E-state index contributed by atoms with van der Waals surface area (Å²) in [4.78, 5) is 15.2.